The van der Waals surface area contributed by atoms with Crippen molar-refractivity contribution in [1.82, 2.24) is 0 Å². The van der Waals surface area contributed by atoms with Gasteiger partial charge in [-0.3, -0.25) is 0 Å². The molecule has 5 nitrogen and oxygen atoms in total. The summed E-state index contributed by atoms with van der Waals surface area (Å²) >= 11 is 0. The van der Waals surface area contributed by atoms with Crippen LogP contribution in [0.15, 0.2) is 18.2 Å². The Kier molecular flexibility index (Phi) is 5.43. The maximum absolute atomic E-state index is 11.3. The van der Waals surface area contributed by atoms with Gasteiger partial charge in [0, 0.05) is 11.3 Å². The Bertz CT molecular complexity index is 459. The zero-order valence-corrected chi connectivity index (χ0v) is 11.4. The number of methoxy groups -OCH3 is 1. The SMILES string of the molecule is CCS(=O)(=O)CCOc1c(CO)cccc1OC. The molecular formula is C12H18O5S. The molecule has 1 rings (SSSR count). The van der Waals surface area contributed by atoms with E-state index in [4.69, 9.17) is 9.47 Å². The van der Waals surface area contributed by atoms with Gasteiger partial charge in [-0.25, -0.2) is 8.42 Å². The van der Waals surface area contributed by atoms with Crippen LogP contribution in [0.3, 0.4) is 0 Å². The number of benzene rings is 1. The Hall–Kier alpha value is -1.27. The molecule has 0 saturated heterocycles. The molecule has 6 heteroatoms. The fourth-order valence-corrected chi connectivity index (χ4v) is 2.05. The summed E-state index contributed by atoms with van der Waals surface area (Å²) in [5, 5.41) is 9.19. The van der Waals surface area contributed by atoms with Crippen molar-refractivity contribution in [1.29, 1.82) is 0 Å². The van der Waals surface area contributed by atoms with Crippen molar-refractivity contribution in [3.05, 3.63) is 23.8 Å². The summed E-state index contributed by atoms with van der Waals surface area (Å²) in [4.78, 5) is 0. The van der Waals surface area contributed by atoms with Gasteiger partial charge < -0.3 is 14.6 Å². The van der Waals surface area contributed by atoms with Crippen LogP contribution >= 0.6 is 0 Å². The first kappa shape index (κ1) is 14.8. The van der Waals surface area contributed by atoms with Gasteiger partial charge in [0.15, 0.2) is 21.3 Å². The molecule has 0 atom stereocenters. The number of hydrogen-bond acceptors (Lipinski definition) is 5. The van der Waals surface area contributed by atoms with Gasteiger partial charge in [-0.1, -0.05) is 19.1 Å². The molecule has 0 amide bonds. The number of sulfone groups is 1. The number of ether oxygens (including phenoxy) is 2. The summed E-state index contributed by atoms with van der Waals surface area (Å²) in [6.07, 6.45) is 0. The predicted octanol–water partition coefficient (Wildman–Crippen LogP) is 1.00. The molecule has 0 bridgehead atoms. The molecule has 0 fully saturated rings. The van der Waals surface area contributed by atoms with Gasteiger partial charge in [0.2, 0.25) is 0 Å². The maximum Gasteiger partial charge on any atom is 0.166 e. The molecule has 0 aromatic heterocycles. The minimum absolute atomic E-state index is 0.0452. The summed E-state index contributed by atoms with van der Waals surface area (Å²) in [5.74, 6) is 0.922. The van der Waals surface area contributed by atoms with E-state index in [1.807, 2.05) is 0 Å². The normalized spacial score (nSPS) is 11.3. The Labute approximate surface area is 107 Å². The zero-order chi connectivity index (χ0) is 13.6. The summed E-state index contributed by atoms with van der Waals surface area (Å²) in [6, 6.07) is 5.13. The van der Waals surface area contributed by atoms with E-state index in [1.54, 1.807) is 25.1 Å². The lowest BCUT2D eigenvalue weighted by molar-refractivity contribution is 0.260. The molecule has 0 radical (unpaired) electrons. The van der Waals surface area contributed by atoms with Crippen LogP contribution in [0.2, 0.25) is 0 Å². The summed E-state index contributed by atoms with van der Waals surface area (Å²) < 4.78 is 33.2. The molecule has 18 heavy (non-hydrogen) atoms. The largest absolute Gasteiger partial charge is 0.493 e. The first-order valence-electron chi connectivity index (χ1n) is 5.64. The van der Waals surface area contributed by atoms with Gasteiger partial charge in [-0.05, 0) is 6.07 Å². The Morgan fingerprint density at radius 3 is 2.61 bits per heavy atom. The highest BCUT2D eigenvalue weighted by molar-refractivity contribution is 7.91. The second-order valence-corrected chi connectivity index (χ2v) is 6.16. The van der Waals surface area contributed by atoms with E-state index >= 15 is 0 Å². The lowest BCUT2D eigenvalue weighted by atomic mass is 10.2. The molecule has 0 unspecified atom stereocenters. The Morgan fingerprint density at radius 2 is 2.06 bits per heavy atom. The van der Waals surface area contributed by atoms with E-state index in [-0.39, 0.29) is 24.7 Å². The van der Waals surface area contributed by atoms with E-state index in [0.717, 1.165) is 0 Å². The van der Waals surface area contributed by atoms with Crippen LogP contribution in [0.4, 0.5) is 0 Å². The highest BCUT2D eigenvalue weighted by Crippen LogP contribution is 2.30. The van der Waals surface area contributed by atoms with Crippen LogP contribution in [0.25, 0.3) is 0 Å². The van der Waals surface area contributed by atoms with Crippen molar-refractivity contribution in [2.45, 2.75) is 13.5 Å². The first-order chi connectivity index (χ1) is 8.54. The second-order valence-electron chi connectivity index (χ2n) is 3.69. The third kappa shape index (κ3) is 3.89. The minimum atomic E-state index is -3.06. The first-order valence-corrected chi connectivity index (χ1v) is 7.46. The predicted molar refractivity (Wildman–Crippen MR) is 68.7 cm³/mol. The zero-order valence-electron chi connectivity index (χ0n) is 10.5. The van der Waals surface area contributed by atoms with Crippen LogP contribution < -0.4 is 9.47 Å². The van der Waals surface area contributed by atoms with E-state index in [0.29, 0.717) is 17.1 Å². The molecule has 1 N–H and O–H groups in total. The summed E-state index contributed by atoms with van der Waals surface area (Å²) in [6.45, 7) is 1.45. The van der Waals surface area contributed by atoms with Crippen molar-refractivity contribution in [2.24, 2.45) is 0 Å². The smallest absolute Gasteiger partial charge is 0.166 e. The van der Waals surface area contributed by atoms with Gasteiger partial charge >= 0.3 is 0 Å². The number of rotatable bonds is 7. The Balaban J connectivity index is 2.77. The molecule has 0 heterocycles. The van der Waals surface area contributed by atoms with E-state index in [9.17, 15) is 13.5 Å². The molecule has 102 valence electrons. The topological polar surface area (TPSA) is 72.8 Å². The highest BCUT2D eigenvalue weighted by atomic mass is 32.2. The minimum Gasteiger partial charge on any atom is -0.493 e. The number of aliphatic hydroxyl groups excluding tert-OH is 1. The maximum atomic E-state index is 11.3. The fraction of sp³-hybridized carbons (Fsp3) is 0.500. The fourth-order valence-electron chi connectivity index (χ4n) is 1.43. The van der Waals surface area contributed by atoms with E-state index in [2.05, 4.69) is 0 Å². The highest BCUT2D eigenvalue weighted by Gasteiger charge is 2.12. The lowest BCUT2D eigenvalue weighted by Gasteiger charge is -2.13. The van der Waals surface area contributed by atoms with E-state index < -0.39 is 9.84 Å². The monoisotopic (exact) mass is 274 g/mol. The lowest BCUT2D eigenvalue weighted by Crippen LogP contribution is -2.16. The van der Waals surface area contributed by atoms with Gasteiger partial charge in [-0.15, -0.1) is 0 Å². The molecule has 0 spiro atoms. The molecular weight excluding hydrogens is 256 g/mol. The van der Waals surface area contributed by atoms with Crippen LogP contribution in [0, 0.1) is 0 Å². The third-order valence-corrected chi connectivity index (χ3v) is 4.20. The van der Waals surface area contributed by atoms with Crippen molar-refractivity contribution >= 4 is 9.84 Å². The number of hydrogen-bond donors (Lipinski definition) is 1. The van der Waals surface area contributed by atoms with Gasteiger partial charge in [0.05, 0.1) is 19.5 Å². The molecule has 0 saturated carbocycles. The van der Waals surface area contributed by atoms with Gasteiger partial charge in [-0.2, -0.15) is 0 Å². The molecule has 0 aliphatic carbocycles. The molecule has 1 aromatic carbocycles. The van der Waals surface area contributed by atoms with Crippen molar-refractivity contribution in [3.63, 3.8) is 0 Å². The number of para-hydroxylation sites is 1. The second kappa shape index (κ2) is 6.61. The van der Waals surface area contributed by atoms with Crippen LogP contribution in [0.5, 0.6) is 11.5 Å². The number of aliphatic hydroxyl groups is 1. The average molecular weight is 274 g/mol. The molecule has 1 aromatic rings. The van der Waals surface area contributed by atoms with Gasteiger partial charge in [0.1, 0.15) is 6.61 Å². The van der Waals surface area contributed by atoms with Crippen molar-refractivity contribution in [2.75, 3.05) is 25.2 Å². The quantitative estimate of drug-likeness (QED) is 0.803. The average Bonchev–Trinajstić information content (AvgIpc) is 2.38. The van der Waals surface area contributed by atoms with Gasteiger partial charge in [0.25, 0.3) is 0 Å². The van der Waals surface area contributed by atoms with Crippen LogP contribution in [-0.2, 0) is 16.4 Å². The molecule has 0 aliphatic rings. The Morgan fingerprint density at radius 1 is 1.33 bits per heavy atom. The van der Waals surface area contributed by atoms with E-state index in [1.165, 1.54) is 7.11 Å². The van der Waals surface area contributed by atoms with Crippen LogP contribution in [0.1, 0.15) is 12.5 Å². The van der Waals surface area contributed by atoms with Crippen LogP contribution in [-0.4, -0.2) is 38.7 Å². The standard InChI is InChI=1S/C12H18O5S/c1-3-18(14,15)8-7-17-12-10(9-13)5-4-6-11(12)16-2/h4-6,13H,3,7-9H2,1-2H3. The summed E-state index contributed by atoms with van der Waals surface area (Å²) in [5.41, 5.74) is 0.572. The molecule has 0 aliphatic heterocycles. The van der Waals surface area contributed by atoms with Crippen molar-refractivity contribution in [3.8, 4) is 11.5 Å². The third-order valence-electron chi connectivity index (χ3n) is 2.53. The van der Waals surface area contributed by atoms with Crippen molar-refractivity contribution < 1.29 is 23.0 Å². The summed E-state index contributed by atoms with van der Waals surface area (Å²) in [7, 11) is -1.56.